The number of nitrogens with one attached hydrogen (secondary N) is 2. The molecule has 1 aliphatic carbocycles. The largest absolute Gasteiger partial charge is 0.383 e. The minimum Gasteiger partial charge on any atom is -0.383 e. The molecule has 0 radical (unpaired) electrons. The lowest BCUT2D eigenvalue weighted by Crippen LogP contribution is -2.38. The van der Waals surface area contributed by atoms with E-state index in [0.29, 0.717) is 56.7 Å². The Kier molecular flexibility index (Phi) is 6.50. The van der Waals surface area contributed by atoms with Crippen LogP contribution in [0.3, 0.4) is 0 Å². The van der Waals surface area contributed by atoms with Crippen molar-refractivity contribution in [3.8, 4) is 12.1 Å². The lowest BCUT2D eigenvalue weighted by Gasteiger charge is -2.32. The molecular formula is C28H28BClN8. The van der Waals surface area contributed by atoms with Crippen molar-refractivity contribution in [1.29, 1.82) is 10.5 Å². The fourth-order valence-corrected chi connectivity index (χ4v) is 4.86. The number of fused-ring (bicyclic) bond motifs is 1. The monoisotopic (exact) mass is 522 g/mol. The molecular weight excluding hydrogens is 495 g/mol. The number of hydrogen-bond donors (Lipinski definition) is 2. The molecule has 2 aromatic heterocycles. The molecule has 1 aliphatic rings. The molecule has 0 bridgehead atoms. The van der Waals surface area contributed by atoms with Crippen molar-refractivity contribution in [1.82, 2.24) is 20.0 Å². The smallest absolute Gasteiger partial charge is 0.148 e. The highest BCUT2D eigenvalue weighted by molar-refractivity contribution is 6.33. The Morgan fingerprint density at radius 2 is 1.87 bits per heavy atom. The number of halogens is 1. The molecule has 0 amide bonds. The van der Waals surface area contributed by atoms with Gasteiger partial charge in [-0.05, 0) is 42.0 Å². The zero-order valence-corrected chi connectivity index (χ0v) is 22.6. The molecule has 0 spiro atoms. The van der Waals surface area contributed by atoms with Crippen LogP contribution in [-0.4, -0.2) is 34.4 Å². The Labute approximate surface area is 228 Å². The van der Waals surface area contributed by atoms with Gasteiger partial charge in [0.2, 0.25) is 0 Å². The summed E-state index contributed by atoms with van der Waals surface area (Å²) >= 11 is 6.71. The average molecular weight is 523 g/mol. The van der Waals surface area contributed by atoms with Crippen LogP contribution in [0.1, 0.15) is 62.0 Å². The zero-order chi connectivity index (χ0) is 27.1. The lowest BCUT2D eigenvalue weighted by molar-refractivity contribution is 0.443. The quantitative estimate of drug-likeness (QED) is 0.329. The third kappa shape index (κ3) is 4.90. The summed E-state index contributed by atoms with van der Waals surface area (Å²) in [7, 11) is 2.01. The number of aromatic nitrogens is 4. The third-order valence-corrected chi connectivity index (χ3v) is 7.09. The molecule has 8 nitrogen and oxygen atoms in total. The predicted molar refractivity (Wildman–Crippen MR) is 152 cm³/mol. The minimum absolute atomic E-state index is 0.0216. The van der Waals surface area contributed by atoms with E-state index in [1.165, 1.54) is 6.20 Å². The topological polar surface area (TPSA) is 115 Å². The molecule has 1 atom stereocenters. The van der Waals surface area contributed by atoms with Gasteiger partial charge in [0.05, 0.1) is 40.0 Å². The SMILES string of the molecule is BC(Nc1cc(C#N)c2ncc(C#N)c(NCC(C)(C)C)c2c1)(c1cn(C2CC2)nn1)c1ccccc1Cl. The molecule has 2 aromatic carbocycles. The van der Waals surface area contributed by atoms with Crippen molar-refractivity contribution in [2.24, 2.45) is 5.41 Å². The molecule has 2 N–H and O–H groups in total. The summed E-state index contributed by atoms with van der Waals surface area (Å²) in [6, 6.07) is 16.2. The molecule has 10 heteroatoms. The summed E-state index contributed by atoms with van der Waals surface area (Å²) in [6.45, 7) is 6.99. The highest BCUT2D eigenvalue weighted by atomic mass is 35.5. The molecule has 5 rings (SSSR count). The molecule has 2 heterocycles. The van der Waals surface area contributed by atoms with Crippen molar-refractivity contribution in [3.63, 3.8) is 0 Å². The fourth-order valence-electron chi connectivity index (χ4n) is 4.54. The first-order valence-electron chi connectivity index (χ1n) is 12.6. The van der Waals surface area contributed by atoms with Gasteiger partial charge in [-0.15, -0.1) is 5.10 Å². The summed E-state index contributed by atoms with van der Waals surface area (Å²) in [5.41, 5.74) is 3.36. The first-order valence-corrected chi connectivity index (χ1v) is 13.0. The van der Waals surface area contributed by atoms with E-state index in [0.717, 1.165) is 18.4 Å². The fraction of sp³-hybridized carbons (Fsp3) is 0.321. The van der Waals surface area contributed by atoms with E-state index >= 15 is 0 Å². The summed E-state index contributed by atoms with van der Waals surface area (Å²) in [6.07, 6.45) is 5.67. The maximum absolute atomic E-state index is 10.0. The first-order chi connectivity index (χ1) is 18.1. The molecule has 0 aliphatic heterocycles. The summed E-state index contributed by atoms with van der Waals surface area (Å²) in [4.78, 5) is 4.47. The maximum atomic E-state index is 10.0. The van der Waals surface area contributed by atoms with E-state index in [4.69, 9.17) is 11.6 Å². The Morgan fingerprint density at radius 1 is 1.13 bits per heavy atom. The highest BCUT2D eigenvalue weighted by Crippen LogP contribution is 2.39. The van der Waals surface area contributed by atoms with E-state index in [1.54, 1.807) is 6.07 Å². The van der Waals surface area contributed by atoms with Gasteiger partial charge in [0.25, 0.3) is 0 Å². The van der Waals surface area contributed by atoms with Crippen LogP contribution in [0.5, 0.6) is 0 Å². The van der Waals surface area contributed by atoms with Crippen molar-refractivity contribution in [3.05, 3.63) is 76.2 Å². The second kappa shape index (κ2) is 9.66. The van der Waals surface area contributed by atoms with Crippen LogP contribution < -0.4 is 10.6 Å². The number of nitriles is 2. The van der Waals surface area contributed by atoms with E-state index < -0.39 is 5.44 Å². The van der Waals surface area contributed by atoms with Gasteiger partial charge >= 0.3 is 0 Å². The molecule has 1 saturated carbocycles. The minimum atomic E-state index is -0.856. The molecule has 4 aromatic rings. The molecule has 1 unspecified atom stereocenters. The van der Waals surface area contributed by atoms with Gasteiger partial charge in [0.1, 0.15) is 25.7 Å². The molecule has 38 heavy (non-hydrogen) atoms. The van der Waals surface area contributed by atoms with Gasteiger partial charge in [-0.25, -0.2) is 4.68 Å². The van der Waals surface area contributed by atoms with Gasteiger partial charge in [-0.3, -0.25) is 4.98 Å². The number of benzene rings is 2. The van der Waals surface area contributed by atoms with Crippen LogP contribution in [0.25, 0.3) is 10.9 Å². The third-order valence-electron chi connectivity index (χ3n) is 6.76. The van der Waals surface area contributed by atoms with Crippen LogP contribution in [0, 0.1) is 28.1 Å². The van der Waals surface area contributed by atoms with Gasteiger partial charge in [-0.2, -0.15) is 10.5 Å². The van der Waals surface area contributed by atoms with Crippen LogP contribution in [0.15, 0.2) is 48.8 Å². The average Bonchev–Trinajstić information content (AvgIpc) is 3.61. The molecule has 190 valence electrons. The van der Waals surface area contributed by atoms with Gasteiger partial charge in [0, 0.05) is 28.8 Å². The Hall–Kier alpha value is -4.08. The van der Waals surface area contributed by atoms with Gasteiger partial charge < -0.3 is 10.6 Å². The van der Waals surface area contributed by atoms with Crippen LogP contribution >= 0.6 is 11.6 Å². The zero-order valence-electron chi connectivity index (χ0n) is 21.9. The number of hydrogen-bond acceptors (Lipinski definition) is 7. The van der Waals surface area contributed by atoms with E-state index in [-0.39, 0.29) is 5.41 Å². The van der Waals surface area contributed by atoms with Crippen molar-refractivity contribution in [2.75, 3.05) is 17.2 Å². The molecule has 1 fully saturated rings. The van der Waals surface area contributed by atoms with Crippen molar-refractivity contribution >= 4 is 41.7 Å². The lowest BCUT2D eigenvalue weighted by atomic mass is 9.69. The molecule has 0 saturated heterocycles. The van der Waals surface area contributed by atoms with E-state index in [1.807, 2.05) is 49.1 Å². The number of anilines is 2. The second-order valence-corrected chi connectivity index (χ2v) is 11.6. The van der Waals surface area contributed by atoms with Gasteiger partial charge in [0.15, 0.2) is 0 Å². The standard InChI is InChI=1S/C28H28BClN8/c1-27(2,3)16-34-26-18(13-32)14-33-25-17(12-31)10-19(11-21(25)26)35-28(29,22-6-4-5-7-23(22)30)24-15-38(37-36-24)20-8-9-20/h4-7,10-11,14-15,20,35H,8-9,16,29H2,1-3H3,(H,33,34). The number of nitrogens with zero attached hydrogens (tertiary/aromatic N) is 6. The predicted octanol–water partition coefficient (Wildman–Crippen LogP) is 4.96. The number of rotatable bonds is 7. The second-order valence-electron chi connectivity index (χ2n) is 11.1. The van der Waals surface area contributed by atoms with Crippen LogP contribution in [0.2, 0.25) is 5.02 Å². The van der Waals surface area contributed by atoms with Gasteiger partial charge in [-0.1, -0.05) is 55.8 Å². The van der Waals surface area contributed by atoms with E-state index in [2.05, 4.69) is 58.8 Å². The van der Waals surface area contributed by atoms with Crippen LogP contribution in [-0.2, 0) is 5.44 Å². The maximum Gasteiger partial charge on any atom is 0.148 e. The highest BCUT2D eigenvalue weighted by Gasteiger charge is 2.36. The van der Waals surface area contributed by atoms with E-state index in [9.17, 15) is 10.5 Å². The Bertz CT molecular complexity index is 1610. The summed E-state index contributed by atoms with van der Waals surface area (Å²) in [5.74, 6) is 0. The van der Waals surface area contributed by atoms with Crippen molar-refractivity contribution in [2.45, 2.75) is 45.1 Å². The summed E-state index contributed by atoms with van der Waals surface area (Å²) < 4.78 is 1.91. The van der Waals surface area contributed by atoms with Crippen molar-refractivity contribution < 1.29 is 0 Å². The Balaban J connectivity index is 1.67. The summed E-state index contributed by atoms with van der Waals surface area (Å²) in [5, 5.41) is 37.1. The number of pyridine rings is 1. The van der Waals surface area contributed by atoms with Crippen LogP contribution in [0.4, 0.5) is 11.4 Å². The first kappa shape index (κ1) is 25.6. The Morgan fingerprint density at radius 3 is 2.53 bits per heavy atom. The normalized spacial score (nSPS) is 14.9.